The van der Waals surface area contributed by atoms with Gasteiger partial charge < -0.3 is 5.73 Å². The highest BCUT2D eigenvalue weighted by Gasteiger charge is 2.23. The number of hydrogen-bond donors (Lipinski definition) is 2. The van der Waals surface area contributed by atoms with Crippen LogP contribution < -0.4 is 10.5 Å². The lowest BCUT2D eigenvalue weighted by molar-refractivity contribution is 0.559. The molecule has 0 fully saturated rings. The zero-order valence-corrected chi connectivity index (χ0v) is 13.0. The maximum absolute atomic E-state index is 12.4. The summed E-state index contributed by atoms with van der Waals surface area (Å²) in [5, 5.41) is 8.25. The molecule has 0 unspecified atom stereocenters. The highest BCUT2D eigenvalue weighted by Crippen LogP contribution is 2.18. The van der Waals surface area contributed by atoms with E-state index < -0.39 is 10.0 Å². The maximum atomic E-state index is 12.4. The molecule has 0 saturated heterocycles. The fourth-order valence-electron chi connectivity index (χ4n) is 2.21. The first-order chi connectivity index (χ1) is 9.95. The van der Waals surface area contributed by atoms with Crippen molar-refractivity contribution >= 4 is 10.0 Å². The van der Waals surface area contributed by atoms with E-state index in [1.54, 1.807) is 41.7 Å². The molecule has 0 aliphatic heterocycles. The molecular formula is C12H20N6O2S. The van der Waals surface area contributed by atoms with Gasteiger partial charge in [-0.15, -0.1) is 0 Å². The van der Waals surface area contributed by atoms with Crippen LogP contribution in [-0.2, 0) is 23.1 Å². The molecule has 0 amide bonds. The van der Waals surface area contributed by atoms with Crippen molar-refractivity contribution in [2.75, 3.05) is 13.1 Å². The highest BCUT2D eigenvalue weighted by atomic mass is 32.2. The summed E-state index contributed by atoms with van der Waals surface area (Å²) in [6.45, 7) is 5.07. The highest BCUT2D eigenvalue weighted by molar-refractivity contribution is 7.89. The lowest BCUT2D eigenvalue weighted by atomic mass is 10.4. The van der Waals surface area contributed by atoms with Crippen LogP contribution in [-0.4, -0.2) is 41.1 Å². The van der Waals surface area contributed by atoms with Crippen molar-refractivity contribution in [1.82, 2.24) is 24.3 Å². The molecule has 0 atom stereocenters. The number of sulfonamides is 1. The van der Waals surface area contributed by atoms with Gasteiger partial charge in [0.25, 0.3) is 0 Å². The Morgan fingerprint density at radius 1 is 1.33 bits per heavy atom. The number of aryl methyl sites for hydroxylation is 1. The van der Waals surface area contributed by atoms with Gasteiger partial charge in [-0.1, -0.05) is 0 Å². The van der Waals surface area contributed by atoms with Gasteiger partial charge in [0.1, 0.15) is 4.90 Å². The summed E-state index contributed by atoms with van der Waals surface area (Å²) in [6.07, 6.45) is 3.43. The summed E-state index contributed by atoms with van der Waals surface area (Å²) in [6, 6.07) is 1.79. The second-order valence-electron chi connectivity index (χ2n) is 4.68. The second-order valence-corrected chi connectivity index (χ2v) is 6.38. The summed E-state index contributed by atoms with van der Waals surface area (Å²) in [5.74, 6) is 0. The molecule has 0 bridgehead atoms. The fourth-order valence-corrected chi connectivity index (χ4v) is 3.64. The normalized spacial score (nSPS) is 12.0. The minimum absolute atomic E-state index is 0.233. The monoisotopic (exact) mass is 312 g/mol. The molecule has 0 radical (unpaired) electrons. The zero-order valence-electron chi connectivity index (χ0n) is 12.2. The van der Waals surface area contributed by atoms with E-state index >= 15 is 0 Å². The third kappa shape index (κ3) is 3.49. The first-order valence-electron chi connectivity index (χ1n) is 6.67. The van der Waals surface area contributed by atoms with Crippen molar-refractivity contribution in [2.45, 2.75) is 31.8 Å². The molecule has 116 valence electrons. The van der Waals surface area contributed by atoms with Gasteiger partial charge in [-0.25, -0.2) is 13.1 Å². The van der Waals surface area contributed by atoms with Crippen LogP contribution in [0, 0.1) is 13.8 Å². The van der Waals surface area contributed by atoms with E-state index in [9.17, 15) is 8.42 Å². The Morgan fingerprint density at radius 3 is 2.71 bits per heavy atom. The molecule has 21 heavy (non-hydrogen) atoms. The Bertz CT molecular complexity index is 690. The molecule has 2 heterocycles. The maximum Gasteiger partial charge on any atom is 0.244 e. The minimum Gasteiger partial charge on any atom is -0.329 e. The van der Waals surface area contributed by atoms with Gasteiger partial charge in [-0.2, -0.15) is 10.2 Å². The average molecular weight is 312 g/mol. The topological polar surface area (TPSA) is 108 Å². The van der Waals surface area contributed by atoms with Crippen LogP contribution in [0.5, 0.6) is 0 Å². The summed E-state index contributed by atoms with van der Waals surface area (Å²) >= 11 is 0. The van der Waals surface area contributed by atoms with Crippen LogP contribution in [0.2, 0.25) is 0 Å². The Kier molecular flexibility index (Phi) is 4.76. The zero-order chi connectivity index (χ0) is 15.5. The van der Waals surface area contributed by atoms with Crippen LogP contribution in [0.3, 0.4) is 0 Å². The van der Waals surface area contributed by atoms with E-state index in [-0.39, 0.29) is 11.4 Å². The van der Waals surface area contributed by atoms with Gasteiger partial charge >= 0.3 is 0 Å². The van der Waals surface area contributed by atoms with Crippen LogP contribution >= 0.6 is 0 Å². The van der Waals surface area contributed by atoms with Crippen molar-refractivity contribution in [3.63, 3.8) is 0 Å². The van der Waals surface area contributed by atoms with Gasteiger partial charge in [-0.3, -0.25) is 9.36 Å². The number of aromatic nitrogens is 4. The molecule has 0 aliphatic rings. The molecule has 3 N–H and O–H groups in total. The number of rotatable bonds is 7. The molecule has 0 spiro atoms. The summed E-state index contributed by atoms with van der Waals surface area (Å²) in [5.41, 5.74) is 6.58. The first kappa shape index (κ1) is 15.7. The Balaban J connectivity index is 2.12. The lowest BCUT2D eigenvalue weighted by Crippen LogP contribution is -2.28. The lowest BCUT2D eigenvalue weighted by Gasteiger charge is -2.08. The second kappa shape index (κ2) is 6.37. The van der Waals surface area contributed by atoms with Gasteiger partial charge in [-0.05, 0) is 19.9 Å². The van der Waals surface area contributed by atoms with Crippen molar-refractivity contribution in [3.8, 4) is 0 Å². The molecular weight excluding hydrogens is 292 g/mol. The molecule has 2 aromatic rings. The number of hydrogen-bond acceptors (Lipinski definition) is 5. The average Bonchev–Trinajstić information content (AvgIpc) is 2.99. The van der Waals surface area contributed by atoms with Crippen molar-refractivity contribution in [2.24, 2.45) is 5.73 Å². The van der Waals surface area contributed by atoms with Crippen molar-refractivity contribution in [1.29, 1.82) is 0 Å². The number of nitrogens with two attached hydrogens (primary N) is 1. The molecule has 2 aromatic heterocycles. The van der Waals surface area contributed by atoms with E-state index in [1.165, 1.54) is 0 Å². The van der Waals surface area contributed by atoms with Gasteiger partial charge in [0.15, 0.2) is 0 Å². The molecule has 8 nitrogen and oxygen atoms in total. The van der Waals surface area contributed by atoms with E-state index in [2.05, 4.69) is 14.9 Å². The van der Waals surface area contributed by atoms with Crippen molar-refractivity contribution < 1.29 is 8.42 Å². The van der Waals surface area contributed by atoms with E-state index in [0.717, 1.165) is 0 Å². The quantitative estimate of drug-likeness (QED) is 0.725. The molecule has 0 saturated carbocycles. The van der Waals surface area contributed by atoms with Gasteiger partial charge in [0.05, 0.1) is 24.5 Å². The molecule has 2 rings (SSSR count). The Hall–Kier alpha value is -1.71. The van der Waals surface area contributed by atoms with E-state index in [4.69, 9.17) is 5.73 Å². The predicted molar refractivity (Wildman–Crippen MR) is 78.2 cm³/mol. The van der Waals surface area contributed by atoms with Crippen molar-refractivity contribution in [3.05, 3.63) is 29.8 Å². The van der Waals surface area contributed by atoms with Crippen LogP contribution in [0.1, 0.15) is 11.4 Å². The Morgan fingerprint density at radius 2 is 2.10 bits per heavy atom. The van der Waals surface area contributed by atoms with Crippen LogP contribution in [0.25, 0.3) is 0 Å². The van der Waals surface area contributed by atoms with Crippen LogP contribution in [0.15, 0.2) is 23.4 Å². The van der Waals surface area contributed by atoms with Gasteiger partial charge in [0.2, 0.25) is 10.0 Å². The fraction of sp³-hybridized carbons (Fsp3) is 0.500. The predicted octanol–water partition coefficient (Wildman–Crippen LogP) is -0.366. The molecule has 0 aromatic carbocycles. The van der Waals surface area contributed by atoms with Gasteiger partial charge in [0, 0.05) is 25.5 Å². The van der Waals surface area contributed by atoms with E-state index in [0.29, 0.717) is 31.0 Å². The number of nitrogens with one attached hydrogen (secondary N) is 1. The summed E-state index contributed by atoms with van der Waals surface area (Å²) in [4.78, 5) is 0.233. The first-order valence-corrected chi connectivity index (χ1v) is 8.15. The SMILES string of the molecule is Cc1nn(CCN)c(C)c1S(=O)(=O)NCCn1cccn1. The van der Waals surface area contributed by atoms with Crippen LogP contribution in [0.4, 0.5) is 0 Å². The smallest absolute Gasteiger partial charge is 0.244 e. The standard InChI is InChI=1S/C12H20N6O2S/c1-10-12(11(2)18(16-10)8-4-13)21(19,20)15-6-9-17-7-3-5-14-17/h3,5,7,15H,4,6,8-9,13H2,1-2H3. The largest absolute Gasteiger partial charge is 0.329 e. The third-order valence-corrected chi connectivity index (χ3v) is 4.83. The summed E-state index contributed by atoms with van der Waals surface area (Å²) < 4.78 is 30.7. The summed E-state index contributed by atoms with van der Waals surface area (Å²) in [7, 11) is -3.59. The Labute approximate surface area is 124 Å². The number of nitrogens with zero attached hydrogens (tertiary/aromatic N) is 4. The molecule has 0 aliphatic carbocycles. The minimum atomic E-state index is -3.59. The molecule has 9 heteroatoms. The third-order valence-electron chi connectivity index (χ3n) is 3.12. The van der Waals surface area contributed by atoms with E-state index in [1.807, 2.05) is 0 Å².